The molecular weight excluding hydrogens is 278 g/mol. The summed E-state index contributed by atoms with van der Waals surface area (Å²) >= 11 is 3.43. The summed E-state index contributed by atoms with van der Waals surface area (Å²) in [7, 11) is 0. The molecule has 0 amide bonds. The number of halogens is 1. The predicted molar refractivity (Wildman–Crippen MR) is 71.9 cm³/mol. The van der Waals surface area contributed by atoms with Crippen molar-refractivity contribution in [2.24, 2.45) is 0 Å². The molecule has 2 rings (SSSR count). The van der Waals surface area contributed by atoms with Gasteiger partial charge in [0.2, 0.25) is 0 Å². The molecule has 0 saturated heterocycles. The number of pyridine rings is 1. The van der Waals surface area contributed by atoms with Crippen LogP contribution in [0.25, 0.3) is 11.3 Å². The van der Waals surface area contributed by atoms with Gasteiger partial charge >= 0.3 is 0 Å². The first kappa shape index (κ1) is 12.0. The quantitative estimate of drug-likeness (QED) is 0.809. The first-order valence-electron chi connectivity index (χ1n) is 5.36. The number of aryl methyl sites for hydroxylation is 1. The van der Waals surface area contributed by atoms with Gasteiger partial charge in [-0.1, -0.05) is 33.6 Å². The molecule has 0 N–H and O–H groups in total. The Morgan fingerprint density at radius 1 is 1.29 bits per heavy atom. The van der Waals surface area contributed by atoms with Crippen molar-refractivity contribution in [3.8, 4) is 11.3 Å². The van der Waals surface area contributed by atoms with E-state index in [1.54, 1.807) is 6.20 Å². The van der Waals surface area contributed by atoms with E-state index >= 15 is 0 Å². The fraction of sp³-hybridized carbons (Fsp3) is 0.143. The molecule has 0 fully saturated rings. The molecule has 0 bridgehead atoms. The standard InChI is InChI=1S/C14H12BrNO/c1-10-2-3-11(5-7-17)13(8-10)14-9-12(15)4-6-16-14/h2-4,6-9H,5H2,1H3. The fourth-order valence-electron chi connectivity index (χ4n) is 1.75. The third-order valence-electron chi connectivity index (χ3n) is 2.57. The Morgan fingerprint density at radius 2 is 2.12 bits per heavy atom. The molecule has 0 aliphatic rings. The van der Waals surface area contributed by atoms with Crippen LogP contribution in [0.5, 0.6) is 0 Å². The Balaban J connectivity index is 2.56. The van der Waals surface area contributed by atoms with E-state index in [4.69, 9.17) is 0 Å². The van der Waals surface area contributed by atoms with Crippen molar-refractivity contribution < 1.29 is 4.79 Å². The molecule has 0 spiro atoms. The highest BCUT2D eigenvalue weighted by Crippen LogP contribution is 2.25. The van der Waals surface area contributed by atoms with Gasteiger partial charge in [-0.25, -0.2) is 0 Å². The van der Waals surface area contributed by atoms with Crippen LogP contribution in [0.2, 0.25) is 0 Å². The first-order valence-corrected chi connectivity index (χ1v) is 6.15. The Kier molecular flexibility index (Phi) is 3.69. The maximum atomic E-state index is 10.7. The molecule has 2 aromatic rings. The molecular formula is C14H12BrNO. The molecule has 1 aromatic heterocycles. The van der Waals surface area contributed by atoms with Gasteiger partial charge in [-0.15, -0.1) is 0 Å². The van der Waals surface area contributed by atoms with Gasteiger partial charge in [0.25, 0.3) is 0 Å². The summed E-state index contributed by atoms with van der Waals surface area (Å²) in [6.07, 6.45) is 3.10. The van der Waals surface area contributed by atoms with Crippen LogP contribution >= 0.6 is 15.9 Å². The highest BCUT2D eigenvalue weighted by Gasteiger charge is 2.06. The molecule has 0 unspecified atom stereocenters. The number of hydrogen-bond donors (Lipinski definition) is 0. The van der Waals surface area contributed by atoms with E-state index < -0.39 is 0 Å². The second-order valence-electron chi connectivity index (χ2n) is 3.89. The van der Waals surface area contributed by atoms with Crippen molar-refractivity contribution in [3.05, 3.63) is 52.1 Å². The van der Waals surface area contributed by atoms with Crippen molar-refractivity contribution in [3.63, 3.8) is 0 Å². The lowest BCUT2D eigenvalue weighted by molar-refractivity contribution is -0.107. The molecule has 2 nitrogen and oxygen atoms in total. The van der Waals surface area contributed by atoms with E-state index in [1.807, 2.05) is 31.2 Å². The normalized spacial score (nSPS) is 10.2. The number of rotatable bonds is 3. The van der Waals surface area contributed by atoms with E-state index in [1.165, 1.54) is 0 Å². The van der Waals surface area contributed by atoms with Gasteiger partial charge in [-0.05, 0) is 30.7 Å². The Bertz CT molecular complexity index is 552. The Hall–Kier alpha value is -1.48. The molecule has 0 saturated carbocycles. The van der Waals surface area contributed by atoms with Crippen LogP contribution in [0.3, 0.4) is 0 Å². The van der Waals surface area contributed by atoms with Crippen LogP contribution in [-0.4, -0.2) is 11.3 Å². The van der Waals surface area contributed by atoms with E-state index in [0.29, 0.717) is 6.42 Å². The zero-order valence-electron chi connectivity index (χ0n) is 9.48. The zero-order valence-corrected chi connectivity index (χ0v) is 11.1. The average Bonchev–Trinajstić information content (AvgIpc) is 2.32. The summed E-state index contributed by atoms with van der Waals surface area (Å²) < 4.78 is 0.987. The van der Waals surface area contributed by atoms with Gasteiger partial charge < -0.3 is 4.79 Å². The maximum absolute atomic E-state index is 10.7. The van der Waals surface area contributed by atoms with Gasteiger partial charge in [0, 0.05) is 22.7 Å². The zero-order chi connectivity index (χ0) is 12.3. The second kappa shape index (κ2) is 5.23. The molecule has 0 aliphatic heterocycles. The van der Waals surface area contributed by atoms with Crippen molar-refractivity contribution >= 4 is 22.2 Å². The predicted octanol–water partition coefficient (Wildman–Crippen LogP) is 3.56. The van der Waals surface area contributed by atoms with Crippen LogP contribution < -0.4 is 0 Å². The first-order chi connectivity index (χ1) is 8.20. The average molecular weight is 290 g/mol. The van der Waals surface area contributed by atoms with Gasteiger partial charge in [0.15, 0.2) is 0 Å². The Morgan fingerprint density at radius 3 is 2.82 bits per heavy atom. The fourth-order valence-corrected chi connectivity index (χ4v) is 2.08. The summed E-state index contributed by atoms with van der Waals surface area (Å²) in [4.78, 5) is 15.0. The number of carbonyl (C=O) groups is 1. The van der Waals surface area contributed by atoms with Crippen LogP contribution in [0.1, 0.15) is 11.1 Å². The van der Waals surface area contributed by atoms with Gasteiger partial charge in [-0.2, -0.15) is 0 Å². The van der Waals surface area contributed by atoms with Crippen molar-refractivity contribution in [2.75, 3.05) is 0 Å². The monoisotopic (exact) mass is 289 g/mol. The molecule has 1 aromatic carbocycles. The number of carbonyl (C=O) groups excluding carboxylic acids is 1. The Labute approximate surface area is 109 Å². The smallest absolute Gasteiger partial charge is 0.124 e. The lowest BCUT2D eigenvalue weighted by atomic mass is 9.99. The summed E-state index contributed by atoms with van der Waals surface area (Å²) in [5.74, 6) is 0. The molecule has 3 heteroatoms. The maximum Gasteiger partial charge on any atom is 0.124 e. The van der Waals surface area contributed by atoms with Crippen LogP contribution in [0.15, 0.2) is 41.0 Å². The van der Waals surface area contributed by atoms with Crippen LogP contribution in [0, 0.1) is 6.92 Å². The van der Waals surface area contributed by atoms with Gasteiger partial charge in [-0.3, -0.25) is 4.98 Å². The molecule has 1 heterocycles. The number of hydrogen-bond acceptors (Lipinski definition) is 2. The van der Waals surface area contributed by atoms with E-state index in [0.717, 1.165) is 33.1 Å². The topological polar surface area (TPSA) is 30.0 Å². The largest absolute Gasteiger partial charge is 0.303 e. The van der Waals surface area contributed by atoms with Crippen molar-refractivity contribution in [1.29, 1.82) is 0 Å². The van der Waals surface area contributed by atoms with Crippen LogP contribution in [0.4, 0.5) is 0 Å². The lowest BCUT2D eigenvalue weighted by Crippen LogP contribution is -1.93. The van der Waals surface area contributed by atoms with Gasteiger partial charge in [0.1, 0.15) is 6.29 Å². The van der Waals surface area contributed by atoms with Gasteiger partial charge in [0.05, 0.1) is 5.69 Å². The third kappa shape index (κ3) is 2.80. The molecule has 0 radical (unpaired) electrons. The number of nitrogens with zero attached hydrogens (tertiary/aromatic N) is 1. The minimum Gasteiger partial charge on any atom is -0.303 e. The number of benzene rings is 1. The van der Waals surface area contributed by atoms with Crippen LogP contribution in [-0.2, 0) is 11.2 Å². The summed E-state index contributed by atoms with van der Waals surface area (Å²) in [5, 5.41) is 0. The van der Waals surface area contributed by atoms with E-state index in [2.05, 4.69) is 27.0 Å². The minimum absolute atomic E-state index is 0.420. The van der Waals surface area contributed by atoms with E-state index in [9.17, 15) is 4.79 Å². The second-order valence-corrected chi connectivity index (χ2v) is 4.81. The number of aromatic nitrogens is 1. The summed E-state index contributed by atoms with van der Waals surface area (Å²) in [6, 6.07) is 9.91. The molecule has 0 atom stereocenters. The lowest BCUT2D eigenvalue weighted by Gasteiger charge is -2.08. The third-order valence-corrected chi connectivity index (χ3v) is 3.06. The highest BCUT2D eigenvalue weighted by atomic mass is 79.9. The molecule has 17 heavy (non-hydrogen) atoms. The summed E-state index contributed by atoms with van der Waals surface area (Å²) in [6.45, 7) is 2.03. The van der Waals surface area contributed by atoms with Crippen molar-refractivity contribution in [2.45, 2.75) is 13.3 Å². The van der Waals surface area contributed by atoms with Crippen molar-refractivity contribution in [1.82, 2.24) is 4.98 Å². The summed E-state index contributed by atoms with van der Waals surface area (Å²) in [5.41, 5.74) is 4.09. The SMILES string of the molecule is Cc1ccc(CC=O)c(-c2cc(Br)ccn2)c1. The molecule has 86 valence electrons. The minimum atomic E-state index is 0.420. The number of aldehydes is 1. The molecule has 0 aliphatic carbocycles. The van der Waals surface area contributed by atoms with E-state index in [-0.39, 0.29) is 0 Å². The highest BCUT2D eigenvalue weighted by molar-refractivity contribution is 9.10.